The number of hydrogen-bond acceptors (Lipinski definition) is 4. The van der Waals surface area contributed by atoms with Gasteiger partial charge in [0.15, 0.2) is 0 Å². The van der Waals surface area contributed by atoms with E-state index in [0.717, 1.165) is 29.4 Å². The number of aromatic nitrogens is 1. The van der Waals surface area contributed by atoms with Crippen molar-refractivity contribution >= 4 is 21.6 Å². The molecule has 1 aliphatic heterocycles. The van der Waals surface area contributed by atoms with Crippen LogP contribution in [0.1, 0.15) is 25.3 Å². The molecule has 1 saturated heterocycles. The highest BCUT2D eigenvalue weighted by Crippen LogP contribution is 2.18. The summed E-state index contributed by atoms with van der Waals surface area (Å²) in [6.07, 6.45) is 3.77. The second-order valence-electron chi connectivity index (χ2n) is 6.48. The van der Waals surface area contributed by atoms with E-state index >= 15 is 0 Å². The van der Waals surface area contributed by atoms with Crippen LogP contribution in [0, 0.1) is 0 Å². The summed E-state index contributed by atoms with van der Waals surface area (Å²) in [6, 6.07) is 10.2. The summed E-state index contributed by atoms with van der Waals surface area (Å²) in [5, 5.41) is 2.79. The van der Waals surface area contributed by atoms with Crippen LogP contribution in [0.3, 0.4) is 0 Å². The Bertz CT molecular complexity index is 992. The number of benzene rings is 1. The maximum absolute atomic E-state index is 12.7. The summed E-state index contributed by atoms with van der Waals surface area (Å²) in [5.74, 6) is -0.381. The molecule has 27 heavy (non-hydrogen) atoms. The lowest BCUT2D eigenvalue weighted by Crippen LogP contribution is -2.36. The third-order valence-corrected chi connectivity index (χ3v) is 6.57. The lowest BCUT2D eigenvalue weighted by atomic mass is 10.1. The fourth-order valence-corrected chi connectivity index (χ4v) is 4.80. The first kappa shape index (κ1) is 19.3. The maximum Gasteiger partial charge on any atom is 0.271 e. The van der Waals surface area contributed by atoms with E-state index < -0.39 is 15.6 Å². The number of anilines is 1. The second-order valence-corrected chi connectivity index (χ2v) is 8.38. The fourth-order valence-electron chi connectivity index (χ4n) is 3.20. The molecule has 2 aromatic rings. The van der Waals surface area contributed by atoms with E-state index in [1.54, 1.807) is 6.07 Å². The molecule has 8 heteroatoms. The Labute approximate surface area is 158 Å². The van der Waals surface area contributed by atoms with Crippen molar-refractivity contribution in [2.24, 2.45) is 0 Å². The highest BCUT2D eigenvalue weighted by atomic mass is 32.2. The Kier molecular flexibility index (Phi) is 5.76. The zero-order chi connectivity index (χ0) is 19.4. The second kappa shape index (κ2) is 8.06. The van der Waals surface area contributed by atoms with Crippen molar-refractivity contribution in [2.45, 2.75) is 37.6 Å². The van der Waals surface area contributed by atoms with Gasteiger partial charge in [0.2, 0.25) is 15.9 Å². The van der Waals surface area contributed by atoms with E-state index in [9.17, 15) is 18.0 Å². The number of rotatable bonds is 6. The molecule has 1 amide bonds. The number of pyridine rings is 1. The largest absolute Gasteiger partial charge is 0.324 e. The number of amides is 1. The molecule has 7 nitrogen and oxygen atoms in total. The van der Waals surface area contributed by atoms with Gasteiger partial charge in [0.1, 0.15) is 11.4 Å². The zero-order valence-corrected chi connectivity index (χ0v) is 16.0. The highest BCUT2D eigenvalue weighted by molar-refractivity contribution is 7.89. The molecular weight excluding hydrogens is 366 g/mol. The Hall–Kier alpha value is -2.45. The minimum absolute atomic E-state index is 0.250. The van der Waals surface area contributed by atoms with Crippen LogP contribution < -0.4 is 10.9 Å². The van der Waals surface area contributed by atoms with Crippen molar-refractivity contribution in [1.82, 2.24) is 8.87 Å². The number of carbonyl (C=O) groups is 1. The quantitative estimate of drug-likeness (QED) is 0.816. The van der Waals surface area contributed by atoms with E-state index in [1.807, 2.05) is 25.1 Å². The summed E-state index contributed by atoms with van der Waals surface area (Å²) in [6.45, 7) is 2.58. The Balaban J connectivity index is 1.82. The van der Waals surface area contributed by atoms with Crippen LogP contribution >= 0.6 is 0 Å². The van der Waals surface area contributed by atoms with Gasteiger partial charge in [-0.2, -0.15) is 4.31 Å². The van der Waals surface area contributed by atoms with Gasteiger partial charge in [-0.05, 0) is 43.0 Å². The van der Waals surface area contributed by atoms with E-state index in [4.69, 9.17) is 0 Å². The van der Waals surface area contributed by atoms with Gasteiger partial charge >= 0.3 is 0 Å². The predicted molar refractivity (Wildman–Crippen MR) is 103 cm³/mol. The minimum Gasteiger partial charge on any atom is -0.324 e. The van der Waals surface area contributed by atoms with E-state index in [2.05, 4.69) is 5.32 Å². The molecule has 0 bridgehead atoms. The van der Waals surface area contributed by atoms with Crippen molar-refractivity contribution in [1.29, 1.82) is 0 Å². The number of nitrogens with one attached hydrogen (secondary N) is 1. The summed E-state index contributed by atoms with van der Waals surface area (Å²) >= 11 is 0. The van der Waals surface area contributed by atoms with Crippen LogP contribution in [0.15, 0.2) is 52.3 Å². The van der Waals surface area contributed by atoms with Crippen molar-refractivity contribution in [3.63, 3.8) is 0 Å². The van der Waals surface area contributed by atoms with E-state index in [0.29, 0.717) is 18.8 Å². The summed E-state index contributed by atoms with van der Waals surface area (Å²) < 4.78 is 27.8. The standard InChI is InChI=1S/C19H23N3O4S/c1-2-15-8-3-4-9-16(15)20-18(23)14-21-11-7-10-17(19(21)24)27(25,26)22-12-5-6-13-22/h3-4,7-11H,2,5-6,12-14H2,1H3,(H,20,23). The normalized spacial score (nSPS) is 15.0. The molecule has 0 aliphatic carbocycles. The first-order valence-corrected chi connectivity index (χ1v) is 10.4. The van der Waals surface area contributed by atoms with Crippen molar-refractivity contribution in [3.05, 3.63) is 58.5 Å². The summed E-state index contributed by atoms with van der Waals surface area (Å²) in [4.78, 5) is 24.8. The Morgan fingerprint density at radius 3 is 2.52 bits per heavy atom. The van der Waals surface area contributed by atoms with Gasteiger partial charge in [0.25, 0.3) is 5.56 Å². The molecule has 1 N–H and O–H groups in total. The Morgan fingerprint density at radius 2 is 1.81 bits per heavy atom. The number of nitrogens with zero attached hydrogens (tertiary/aromatic N) is 2. The maximum atomic E-state index is 12.7. The topological polar surface area (TPSA) is 88.5 Å². The van der Waals surface area contributed by atoms with Gasteiger partial charge in [-0.15, -0.1) is 0 Å². The van der Waals surface area contributed by atoms with E-state index in [-0.39, 0.29) is 17.3 Å². The zero-order valence-electron chi connectivity index (χ0n) is 15.2. The minimum atomic E-state index is -3.83. The molecule has 0 saturated carbocycles. The molecule has 0 spiro atoms. The van der Waals surface area contributed by atoms with Crippen molar-refractivity contribution < 1.29 is 13.2 Å². The van der Waals surface area contributed by atoms with Gasteiger partial charge < -0.3 is 9.88 Å². The van der Waals surface area contributed by atoms with E-state index in [1.165, 1.54) is 22.6 Å². The molecule has 0 atom stereocenters. The third-order valence-electron chi connectivity index (χ3n) is 4.65. The number of hydrogen-bond donors (Lipinski definition) is 1. The van der Waals surface area contributed by atoms with Crippen LogP contribution in [0.5, 0.6) is 0 Å². The molecule has 0 radical (unpaired) electrons. The SMILES string of the molecule is CCc1ccccc1NC(=O)Cn1cccc(S(=O)(=O)N2CCCC2)c1=O. The molecule has 0 unspecified atom stereocenters. The molecule has 3 rings (SSSR count). The Morgan fingerprint density at radius 1 is 1.11 bits per heavy atom. The monoisotopic (exact) mass is 389 g/mol. The van der Waals surface area contributed by atoms with Gasteiger partial charge in [0.05, 0.1) is 0 Å². The average molecular weight is 389 g/mol. The van der Waals surface area contributed by atoms with Crippen LogP contribution in [0.25, 0.3) is 0 Å². The van der Waals surface area contributed by atoms with Crippen LogP contribution in [0.4, 0.5) is 5.69 Å². The van der Waals surface area contributed by atoms with Gasteiger partial charge in [-0.3, -0.25) is 9.59 Å². The number of carbonyl (C=O) groups excluding carboxylic acids is 1. The molecule has 1 aromatic carbocycles. The van der Waals surface area contributed by atoms with Crippen molar-refractivity contribution in [3.8, 4) is 0 Å². The smallest absolute Gasteiger partial charge is 0.271 e. The molecule has 144 valence electrons. The molecule has 1 fully saturated rings. The van der Waals surface area contributed by atoms with Gasteiger partial charge in [-0.25, -0.2) is 8.42 Å². The molecule has 1 aromatic heterocycles. The summed E-state index contributed by atoms with van der Waals surface area (Å²) in [7, 11) is -3.83. The number of sulfonamides is 1. The predicted octanol–water partition coefficient (Wildman–Crippen LogP) is 1.83. The third kappa shape index (κ3) is 4.12. The lowest BCUT2D eigenvalue weighted by molar-refractivity contribution is -0.116. The molecule has 2 heterocycles. The number of aryl methyl sites for hydroxylation is 1. The lowest BCUT2D eigenvalue weighted by Gasteiger charge is -2.16. The van der Waals surface area contributed by atoms with Gasteiger partial charge in [0, 0.05) is 25.0 Å². The van der Waals surface area contributed by atoms with Crippen LogP contribution in [0.2, 0.25) is 0 Å². The highest BCUT2D eigenvalue weighted by Gasteiger charge is 2.30. The number of para-hydroxylation sites is 1. The summed E-state index contributed by atoms with van der Waals surface area (Å²) in [5.41, 5.74) is 1.01. The van der Waals surface area contributed by atoms with Crippen LogP contribution in [-0.2, 0) is 27.8 Å². The molecular formula is C19H23N3O4S. The first-order valence-electron chi connectivity index (χ1n) is 9.01. The molecule has 1 aliphatic rings. The van der Waals surface area contributed by atoms with Gasteiger partial charge in [-0.1, -0.05) is 25.1 Å². The van der Waals surface area contributed by atoms with Crippen LogP contribution in [-0.4, -0.2) is 36.3 Å². The average Bonchev–Trinajstić information content (AvgIpc) is 3.19. The first-order chi connectivity index (χ1) is 12.9. The fraction of sp³-hybridized carbons (Fsp3) is 0.368. The van der Waals surface area contributed by atoms with Crippen molar-refractivity contribution in [2.75, 3.05) is 18.4 Å².